The molecular formula is C19H23NO5S. The van der Waals surface area contributed by atoms with Crippen molar-refractivity contribution >= 4 is 34.2 Å². The van der Waals surface area contributed by atoms with Gasteiger partial charge in [-0.2, -0.15) is 0 Å². The van der Waals surface area contributed by atoms with Crippen LogP contribution in [0.3, 0.4) is 0 Å². The minimum Gasteiger partial charge on any atom is -0.481 e. The Morgan fingerprint density at radius 3 is 2.58 bits per heavy atom. The number of carbonyl (C=O) groups excluding carboxylic acids is 2. The summed E-state index contributed by atoms with van der Waals surface area (Å²) in [5.41, 5.74) is 1.44. The molecule has 3 rings (SSSR count). The molecule has 0 unspecified atom stereocenters. The molecule has 6 nitrogen and oxygen atoms in total. The molecule has 1 aromatic rings. The molecule has 2 N–H and O–H groups in total. The molecule has 2 aliphatic rings. The summed E-state index contributed by atoms with van der Waals surface area (Å²) < 4.78 is 5.19. The molecule has 26 heavy (non-hydrogen) atoms. The number of hydrogen-bond donors (Lipinski definition) is 2. The first-order valence-electron chi connectivity index (χ1n) is 9.03. The second-order valence-corrected chi connectivity index (χ2v) is 7.72. The Hall–Kier alpha value is -2.15. The van der Waals surface area contributed by atoms with Gasteiger partial charge < -0.3 is 15.2 Å². The van der Waals surface area contributed by atoms with Crippen LogP contribution in [0, 0.1) is 11.8 Å². The Kier molecular flexibility index (Phi) is 5.76. The van der Waals surface area contributed by atoms with Crippen molar-refractivity contribution in [2.75, 3.05) is 11.9 Å². The molecular weight excluding hydrogens is 354 g/mol. The number of amides is 1. The Bertz CT molecular complexity index is 751. The summed E-state index contributed by atoms with van der Waals surface area (Å²) in [5, 5.41) is 12.7. The first-order valence-corrected chi connectivity index (χ1v) is 9.84. The summed E-state index contributed by atoms with van der Waals surface area (Å²) in [6, 6.07) is 0. The van der Waals surface area contributed by atoms with Crippen LogP contribution in [-0.4, -0.2) is 29.6 Å². The molecule has 0 saturated heterocycles. The number of fused-ring (bicyclic) bond motifs is 1. The first kappa shape index (κ1) is 18.6. The monoisotopic (exact) mass is 377 g/mol. The third-order valence-electron chi connectivity index (χ3n) is 4.97. The van der Waals surface area contributed by atoms with Crippen LogP contribution in [0.4, 0.5) is 5.00 Å². The van der Waals surface area contributed by atoms with Crippen molar-refractivity contribution in [1.29, 1.82) is 0 Å². The summed E-state index contributed by atoms with van der Waals surface area (Å²) in [4.78, 5) is 37.8. The van der Waals surface area contributed by atoms with Gasteiger partial charge in [-0.1, -0.05) is 12.2 Å². The van der Waals surface area contributed by atoms with E-state index < -0.39 is 23.8 Å². The normalized spacial score (nSPS) is 21.7. The van der Waals surface area contributed by atoms with E-state index in [1.807, 2.05) is 6.08 Å². The van der Waals surface area contributed by atoms with E-state index in [1.54, 1.807) is 13.0 Å². The van der Waals surface area contributed by atoms with Crippen molar-refractivity contribution in [2.45, 2.75) is 45.4 Å². The predicted octanol–water partition coefficient (Wildman–Crippen LogP) is 3.41. The van der Waals surface area contributed by atoms with Crippen LogP contribution >= 0.6 is 11.3 Å². The summed E-state index contributed by atoms with van der Waals surface area (Å²) in [6.45, 7) is 2.02. The standard InChI is InChI=1S/C19H23NO5S/c1-2-25-19(24)15-13-9-5-6-10-14(13)26-17(15)20-16(21)11-7-3-4-8-12(11)18(22)23/h3-4,11-12H,2,5-10H2,1H3,(H,20,21)(H,22,23)/t11-,12-/m1/s1. The number of carboxylic acids is 1. The molecule has 0 bridgehead atoms. The van der Waals surface area contributed by atoms with Gasteiger partial charge in [-0.15, -0.1) is 11.3 Å². The largest absolute Gasteiger partial charge is 0.481 e. The number of esters is 1. The maximum Gasteiger partial charge on any atom is 0.341 e. The molecule has 1 aromatic heterocycles. The lowest BCUT2D eigenvalue weighted by Gasteiger charge is -2.24. The smallest absolute Gasteiger partial charge is 0.341 e. The highest BCUT2D eigenvalue weighted by Gasteiger charge is 2.35. The number of aryl methyl sites for hydroxylation is 1. The highest BCUT2D eigenvalue weighted by atomic mass is 32.1. The SMILES string of the molecule is CCOC(=O)c1c(NC(=O)[C@@H]2CC=CC[C@H]2C(=O)O)sc2c1CCCC2. The number of rotatable bonds is 5. The second kappa shape index (κ2) is 8.03. The highest BCUT2D eigenvalue weighted by Crippen LogP contribution is 2.39. The molecule has 0 saturated carbocycles. The fraction of sp³-hybridized carbons (Fsp3) is 0.526. The van der Waals surface area contributed by atoms with E-state index >= 15 is 0 Å². The molecule has 7 heteroatoms. The number of thiophene rings is 1. The zero-order valence-corrected chi connectivity index (χ0v) is 15.6. The van der Waals surface area contributed by atoms with E-state index in [2.05, 4.69) is 5.32 Å². The van der Waals surface area contributed by atoms with Crippen LogP contribution in [-0.2, 0) is 27.2 Å². The number of carbonyl (C=O) groups is 3. The Morgan fingerprint density at radius 1 is 1.19 bits per heavy atom. The summed E-state index contributed by atoms with van der Waals surface area (Å²) in [7, 11) is 0. The molecule has 0 spiro atoms. The second-order valence-electron chi connectivity index (χ2n) is 6.62. The fourth-order valence-electron chi connectivity index (χ4n) is 3.65. The number of nitrogens with one attached hydrogen (secondary N) is 1. The molecule has 0 aliphatic heterocycles. The van der Waals surface area contributed by atoms with Gasteiger partial charge in [0.1, 0.15) is 5.00 Å². The van der Waals surface area contributed by atoms with Crippen LogP contribution in [0.5, 0.6) is 0 Å². The van der Waals surface area contributed by atoms with Gasteiger partial charge in [0.2, 0.25) is 5.91 Å². The number of allylic oxidation sites excluding steroid dienone is 2. The van der Waals surface area contributed by atoms with Crippen LogP contribution in [0.2, 0.25) is 0 Å². The maximum atomic E-state index is 12.8. The minimum atomic E-state index is -0.967. The minimum absolute atomic E-state index is 0.269. The van der Waals surface area contributed by atoms with E-state index in [1.165, 1.54) is 11.3 Å². The average molecular weight is 377 g/mol. The highest BCUT2D eigenvalue weighted by molar-refractivity contribution is 7.17. The Morgan fingerprint density at radius 2 is 1.88 bits per heavy atom. The van der Waals surface area contributed by atoms with Crippen molar-refractivity contribution < 1.29 is 24.2 Å². The predicted molar refractivity (Wildman–Crippen MR) is 98.5 cm³/mol. The van der Waals surface area contributed by atoms with Gasteiger partial charge in [-0.25, -0.2) is 4.79 Å². The fourth-order valence-corrected chi connectivity index (χ4v) is 4.93. The van der Waals surface area contributed by atoms with Gasteiger partial charge in [-0.3, -0.25) is 9.59 Å². The van der Waals surface area contributed by atoms with E-state index in [0.29, 0.717) is 23.4 Å². The molecule has 1 heterocycles. The zero-order valence-electron chi connectivity index (χ0n) is 14.7. The van der Waals surface area contributed by atoms with Crippen LogP contribution in [0.15, 0.2) is 12.2 Å². The third kappa shape index (κ3) is 3.67. The van der Waals surface area contributed by atoms with E-state index in [9.17, 15) is 19.5 Å². The molecule has 2 atom stereocenters. The Labute approximate surface area is 156 Å². The summed E-state index contributed by atoms with van der Waals surface area (Å²) >= 11 is 1.42. The summed E-state index contributed by atoms with van der Waals surface area (Å²) in [5.74, 6) is -3.09. The number of anilines is 1. The molecule has 1 amide bonds. The lowest BCUT2D eigenvalue weighted by Crippen LogP contribution is -2.34. The number of carboxylic acid groups (broad SMARTS) is 1. The number of hydrogen-bond acceptors (Lipinski definition) is 5. The molecule has 0 aromatic carbocycles. The van der Waals surface area contributed by atoms with Crippen LogP contribution < -0.4 is 5.32 Å². The maximum absolute atomic E-state index is 12.8. The lowest BCUT2D eigenvalue weighted by molar-refractivity contribution is -0.146. The van der Waals surface area contributed by atoms with Crippen LogP contribution in [0.1, 0.15) is 53.4 Å². The third-order valence-corrected chi connectivity index (χ3v) is 6.18. The topological polar surface area (TPSA) is 92.7 Å². The van der Waals surface area contributed by atoms with Crippen molar-refractivity contribution in [3.63, 3.8) is 0 Å². The van der Waals surface area contributed by atoms with Gasteiger partial charge >= 0.3 is 11.9 Å². The molecule has 140 valence electrons. The molecule has 2 aliphatic carbocycles. The summed E-state index contributed by atoms with van der Waals surface area (Å²) in [6.07, 6.45) is 8.16. The molecule has 0 fully saturated rings. The van der Waals surface area contributed by atoms with Crippen molar-refractivity contribution in [2.24, 2.45) is 11.8 Å². The van der Waals surface area contributed by atoms with Crippen LogP contribution in [0.25, 0.3) is 0 Å². The van der Waals surface area contributed by atoms with Crippen molar-refractivity contribution in [1.82, 2.24) is 0 Å². The molecule has 0 radical (unpaired) electrons. The van der Waals surface area contributed by atoms with E-state index in [4.69, 9.17) is 4.74 Å². The Balaban J connectivity index is 1.88. The van der Waals surface area contributed by atoms with Gasteiger partial charge in [0.05, 0.1) is 24.0 Å². The zero-order chi connectivity index (χ0) is 18.7. The number of ether oxygens (including phenoxy) is 1. The average Bonchev–Trinajstić information content (AvgIpc) is 2.99. The quantitative estimate of drug-likeness (QED) is 0.606. The van der Waals surface area contributed by atoms with Gasteiger partial charge in [0, 0.05) is 4.88 Å². The van der Waals surface area contributed by atoms with Crippen molar-refractivity contribution in [3.05, 3.63) is 28.2 Å². The van der Waals surface area contributed by atoms with Gasteiger partial charge in [0.25, 0.3) is 0 Å². The number of aliphatic carboxylic acids is 1. The van der Waals surface area contributed by atoms with Crippen molar-refractivity contribution in [3.8, 4) is 0 Å². The van der Waals surface area contributed by atoms with E-state index in [0.717, 1.165) is 36.1 Å². The van der Waals surface area contributed by atoms with E-state index in [-0.39, 0.29) is 12.5 Å². The first-order chi connectivity index (χ1) is 12.5. The van der Waals surface area contributed by atoms with Gasteiger partial charge in [0.15, 0.2) is 0 Å². The van der Waals surface area contributed by atoms with Gasteiger partial charge in [-0.05, 0) is 51.0 Å². The lowest BCUT2D eigenvalue weighted by atomic mass is 9.82.